The van der Waals surface area contributed by atoms with Crippen LogP contribution in [0, 0.1) is 0 Å². The summed E-state index contributed by atoms with van der Waals surface area (Å²) < 4.78 is 1.98. The summed E-state index contributed by atoms with van der Waals surface area (Å²) in [5.74, 6) is 0. The number of nitrogens with zero attached hydrogens (tertiary/aromatic N) is 2. The molecule has 0 radical (unpaired) electrons. The molecule has 0 aromatic carbocycles. The Balaban J connectivity index is 0. The quantitative estimate of drug-likeness (QED) is 0.337. The Morgan fingerprint density at radius 1 is 1.33 bits per heavy atom. The van der Waals surface area contributed by atoms with E-state index in [1.165, 1.54) is 0 Å². The summed E-state index contributed by atoms with van der Waals surface area (Å²) in [7, 11) is 5.72. The lowest BCUT2D eigenvalue weighted by Crippen LogP contribution is -1.97. The molecular formula is C6H16N2S. The van der Waals surface area contributed by atoms with Crippen molar-refractivity contribution in [2.45, 2.75) is 13.8 Å². The molecule has 0 spiro atoms. The molecule has 9 heavy (non-hydrogen) atoms. The lowest BCUT2D eigenvalue weighted by Gasteiger charge is -1.99. The molecule has 0 atom stereocenters. The van der Waals surface area contributed by atoms with Gasteiger partial charge >= 0.3 is 0 Å². The van der Waals surface area contributed by atoms with Crippen LogP contribution < -0.4 is 0 Å². The molecule has 0 aliphatic carbocycles. The normalized spacial score (nSPS) is 9.56. The summed E-state index contributed by atoms with van der Waals surface area (Å²) in [6.45, 7) is 4.00. The first-order valence-corrected chi connectivity index (χ1v) is 3.85. The summed E-state index contributed by atoms with van der Waals surface area (Å²) in [6, 6.07) is 0. The zero-order valence-electron chi connectivity index (χ0n) is 6.88. The van der Waals surface area contributed by atoms with Gasteiger partial charge in [-0.25, -0.2) is 0 Å². The number of hydrogen-bond acceptors (Lipinski definition) is 3. The Morgan fingerprint density at radius 2 is 1.78 bits per heavy atom. The minimum atomic E-state index is 1.57. The predicted octanol–water partition coefficient (Wildman–Crippen LogP) is 1.88. The van der Waals surface area contributed by atoms with Crippen molar-refractivity contribution in [3.63, 3.8) is 0 Å². The van der Waals surface area contributed by atoms with Crippen molar-refractivity contribution in [3.05, 3.63) is 0 Å². The van der Waals surface area contributed by atoms with Gasteiger partial charge in [0.25, 0.3) is 0 Å². The van der Waals surface area contributed by atoms with E-state index in [4.69, 9.17) is 0 Å². The summed E-state index contributed by atoms with van der Waals surface area (Å²) in [4.78, 5) is 3.77. The predicted molar refractivity (Wildman–Crippen MR) is 47.0 cm³/mol. The van der Waals surface area contributed by atoms with Gasteiger partial charge in [0.1, 0.15) is 0 Å². The zero-order chi connectivity index (χ0) is 7.70. The van der Waals surface area contributed by atoms with Crippen molar-refractivity contribution in [2.75, 3.05) is 21.1 Å². The molecule has 0 saturated carbocycles. The number of rotatable bonds is 2. The lowest BCUT2D eigenvalue weighted by molar-refractivity contribution is 0.710. The average molecular weight is 148 g/mol. The van der Waals surface area contributed by atoms with E-state index in [-0.39, 0.29) is 0 Å². The van der Waals surface area contributed by atoms with Crippen LogP contribution >= 0.6 is 11.9 Å². The molecule has 0 unspecified atom stereocenters. The van der Waals surface area contributed by atoms with Gasteiger partial charge in [0, 0.05) is 7.05 Å². The minimum absolute atomic E-state index is 1.57. The molecule has 0 heterocycles. The van der Waals surface area contributed by atoms with Gasteiger partial charge in [-0.1, -0.05) is 13.8 Å². The molecule has 0 N–H and O–H groups in total. The Morgan fingerprint density at radius 3 is 1.89 bits per heavy atom. The zero-order valence-corrected chi connectivity index (χ0v) is 7.70. The van der Waals surface area contributed by atoms with E-state index >= 15 is 0 Å². The van der Waals surface area contributed by atoms with Crippen molar-refractivity contribution >= 4 is 17.5 Å². The highest BCUT2D eigenvalue weighted by molar-refractivity contribution is 8.10. The molecule has 0 saturated heterocycles. The van der Waals surface area contributed by atoms with Gasteiger partial charge in [-0.2, -0.15) is 0 Å². The average Bonchev–Trinajstić information content (AvgIpc) is 1.88. The minimum Gasteiger partial charge on any atom is -0.288 e. The molecule has 0 aliphatic rings. The molecule has 3 heteroatoms. The standard InChI is InChI=1S/C4H10N2S.C2H6/c1-5-4-7-6(2)3;1-2/h4H,1-3H3;1-2H3. The Hall–Kier alpha value is -0.0200. The van der Waals surface area contributed by atoms with Gasteiger partial charge in [0.15, 0.2) is 0 Å². The molecule has 0 aromatic heterocycles. The van der Waals surface area contributed by atoms with E-state index in [0.29, 0.717) is 0 Å². The van der Waals surface area contributed by atoms with Crippen LogP contribution in [0.1, 0.15) is 13.8 Å². The second kappa shape index (κ2) is 10.9. The fourth-order valence-corrected chi connectivity index (χ4v) is 0.424. The van der Waals surface area contributed by atoms with E-state index in [2.05, 4.69) is 4.99 Å². The van der Waals surface area contributed by atoms with Crippen LogP contribution in [0.5, 0.6) is 0 Å². The summed E-state index contributed by atoms with van der Waals surface area (Å²) in [6.07, 6.45) is 0. The highest BCUT2D eigenvalue weighted by Gasteiger charge is 1.79. The smallest absolute Gasteiger partial charge is 0.0692 e. The van der Waals surface area contributed by atoms with Gasteiger partial charge in [-0.05, 0) is 26.0 Å². The van der Waals surface area contributed by atoms with Gasteiger partial charge in [-0.3, -0.25) is 9.30 Å². The van der Waals surface area contributed by atoms with E-state index < -0.39 is 0 Å². The first-order chi connectivity index (χ1) is 4.27. The van der Waals surface area contributed by atoms with Crippen molar-refractivity contribution < 1.29 is 0 Å². The Kier molecular flexibility index (Phi) is 14.2. The molecular weight excluding hydrogens is 132 g/mol. The molecule has 0 aromatic rings. The molecule has 56 valence electrons. The summed E-state index contributed by atoms with van der Waals surface area (Å²) in [5, 5.41) is 0. The Labute approximate surface area is 62.5 Å². The summed E-state index contributed by atoms with van der Waals surface area (Å²) >= 11 is 1.57. The van der Waals surface area contributed by atoms with Crippen molar-refractivity contribution in [3.8, 4) is 0 Å². The van der Waals surface area contributed by atoms with Crippen LogP contribution in [0.15, 0.2) is 4.99 Å². The molecule has 0 fully saturated rings. The fraction of sp³-hybridized carbons (Fsp3) is 0.833. The number of hydrogen-bond donors (Lipinski definition) is 0. The first kappa shape index (κ1) is 11.7. The van der Waals surface area contributed by atoms with E-state index in [1.807, 2.05) is 32.2 Å². The maximum absolute atomic E-state index is 3.77. The maximum atomic E-state index is 3.77. The van der Waals surface area contributed by atoms with E-state index in [1.54, 1.807) is 24.5 Å². The summed E-state index contributed by atoms with van der Waals surface area (Å²) in [5.41, 5.74) is 1.79. The van der Waals surface area contributed by atoms with Crippen LogP contribution in [0.3, 0.4) is 0 Å². The topological polar surface area (TPSA) is 15.6 Å². The van der Waals surface area contributed by atoms with Crippen molar-refractivity contribution in [1.82, 2.24) is 4.31 Å². The fourth-order valence-electron chi connectivity index (χ4n) is 0.141. The van der Waals surface area contributed by atoms with Gasteiger partial charge in [0.2, 0.25) is 0 Å². The van der Waals surface area contributed by atoms with Crippen LogP contribution in [-0.2, 0) is 0 Å². The van der Waals surface area contributed by atoms with Gasteiger partial charge in [-0.15, -0.1) is 0 Å². The maximum Gasteiger partial charge on any atom is 0.0692 e. The molecule has 2 nitrogen and oxygen atoms in total. The number of aliphatic imine (C=N–C) groups is 1. The van der Waals surface area contributed by atoms with Crippen LogP contribution in [0.2, 0.25) is 0 Å². The van der Waals surface area contributed by atoms with Crippen molar-refractivity contribution in [2.24, 2.45) is 4.99 Å². The lowest BCUT2D eigenvalue weighted by atomic mass is 11.0. The molecule has 0 bridgehead atoms. The second-order valence-corrected chi connectivity index (χ2v) is 2.43. The third-order valence-corrected chi connectivity index (χ3v) is 1.09. The SMILES string of the molecule is CC.CN=CSN(C)C. The van der Waals surface area contributed by atoms with Gasteiger partial charge in [0.05, 0.1) is 5.55 Å². The van der Waals surface area contributed by atoms with Crippen LogP contribution in [0.25, 0.3) is 0 Å². The third-order valence-electron chi connectivity index (χ3n) is 0.363. The van der Waals surface area contributed by atoms with E-state index in [9.17, 15) is 0 Å². The second-order valence-electron chi connectivity index (χ2n) is 1.28. The van der Waals surface area contributed by atoms with Crippen LogP contribution in [0.4, 0.5) is 0 Å². The largest absolute Gasteiger partial charge is 0.288 e. The highest BCUT2D eigenvalue weighted by atomic mass is 32.2. The molecule has 0 aliphatic heterocycles. The van der Waals surface area contributed by atoms with E-state index in [0.717, 1.165) is 0 Å². The highest BCUT2D eigenvalue weighted by Crippen LogP contribution is 1.95. The van der Waals surface area contributed by atoms with Crippen molar-refractivity contribution in [1.29, 1.82) is 0 Å². The van der Waals surface area contributed by atoms with Gasteiger partial charge < -0.3 is 0 Å². The first-order valence-electron chi connectivity index (χ1n) is 3.02. The van der Waals surface area contributed by atoms with Crippen LogP contribution in [-0.4, -0.2) is 31.0 Å². The Bertz CT molecular complexity index is 62.1. The monoisotopic (exact) mass is 148 g/mol. The molecule has 0 rings (SSSR count). The molecule has 0 amide bonds. The third kappa shape index (κ3) is 18.0.